The number of carbonyl (C=O) groups is 5. The third-order valence-electron chi connectivity index (χ3n) is 4.87. The van der Waals surface area contributed by atoms with Gasteiger partial charge in [0.15, 0.2) is 0 Å². The van der Waals surface area contributed by atoms with Crippen LogP contribution in [0.2, 0.25) is 0 Å². The summed E-state index contributed by atoms with van der Waals surface area (Å²) in [5.41, 5.74) is 6.14. The van der Waals surface area contributed by atoms with Crippen molar-refractivity contribution in [3.05, 3.63) is 29.8 Å². The molecular weight excluding hydrogens is 484 g/mol. The summed E-state index contributed by atoms with van der Waals surface area (Å²) >= 11 is 4.01. The Kier molecular flexibility index (Phi) is 12.0. The summed E-state index contributed by atoms with van der Waals surface area (Å²) in [5.74, 6) is -5.44. The van der Waals surface area contributed by atoms with Crippen molar-refractivity contribution in [2.24, 2.45) is 5.73 Å². The van der Waals surface area contributed by atoms with Crippen molar-refractivity contribution in [3.8, 4) is 5.75 Å². The number of phenolic OH excluding ortho intramolecular Hbond substituents is 1. The van der Waals surface area contributed by atoms with Crippen LogP contribution in [0.5, 0.6) is 5.75 Å². The summed E-state index contributed by atoms with van der Waals surface area (Å²) in [4.78, 5) is 59.7. The molecule has 0 aromatic heterocycles. The Morgan fingerprint density at radius 1 is 0.943 bits per heavy atom. The molecule has 0 aliphatic rings. The van der Waals surface area contributed by atoms with Gasteiger partial charge in [-0.25, -0.2) is 4.79 Å². The van der Waals surface area contributed by atoms with Gasteiger partial charge in [-0.15, -0.1) is 0 Å². The van der Waals surface area contributed by atoms with Crippen LogP contribution in [0.1, 0.15) is 25.3 Å². The Labute approximate surface area is 206 Å². The topological polar surface area (TPSA) is 228 Å². The lowest BCUT2D eigenvalue weighted by Crippen LogP contribution is -2.60. The molecule has 0 aliphatic heterocycles. The second-order valence-corrected chi connectivity index (χ2v) is 8.14. The van der Waals surface area contributed by atoms with Gasteiger partial charge >= 0.3 is 11.9 Å². The predicted molar refractivity (Wildman–Crippen MR) is 126 cm³/mol. The van der Waals surface area contributed by atoms with Crippen LogP contribution in [-0.2, 0) is 30.4 Å². The first kappa shape index (κ1) is 29.7. The summed E-state index contributed by atoms with van der Waals surface area (Å²) in [7, 11) is 0. The van der Waals surface area contributed by atoms with Crippen molar-refractivity contribution >= 4 is 42.3 Å². The number of thiol groups is 1. The minimum absolute atomic E-state index is 0.00916. The van der Waals surface area contributed by atoms with Crippen LogP contribution < -0.4 is 21.7 Å². The van der Waals surface area contributed by atoms with E-state index in [1.165, 1.54) is 31.2 Å². The molecule has 0 bridgehead atoms. The maximum atomic E-state index is 12.7. The highest BCUT2D eigenvalue weighted by atomic mass is 32.1. The molecule has 0 saturated heterocycles. The number of phenols is 1. The lowest BCUT2D eigenvalue weighted by Gasteiger charge is -2.25. The zero-order valence-corrected chi connectivity index (χ0v) is 19.8. The number of aromatic hydroxyl groups is 1. The molecule has 0 saturated carbocycles. The summed E-state index contributed by atoms with van der Waals surface area (Å²) < 4.78 is 0. The molecule has 9 N–H and O–H groups in total. The maximum Gasteiger partial charge on any atom is 0.326 e. The molecule has 0 fully saturated rings. The molecule has 1 aromatic carbocycles. The number of aliphatic carboxylic acids is 2. The number of carboxylic acids is 2. The van der Waals surface area contributed by atoms with Crippen LogP contribution in [0, 0.1) is 0 Å². The molecule has 1 aromatic rings. The first-order chi connectivity index (χ1) is 16.3. The number of benzene rings is 1. The van der Waals surface area contributed by atoms with Crippen molar-refractivity contribution in [2.75, 3.05) is 5.75 Å². The molecule has 5 atom stereocenters. The van der Waals surface area contributed by atoms with Crippen LogP contribution in [0.3, 0.4) is 0 Å². The molecule has 0 aliphatic carbocycles. The normalized spacial score (nSPS) is 15.1. The molecule has 0 spiro atoms. The summed E-state index contributed by atoms with van der Waals surface area (Å²) in [6.45, 7) is 1.21. The number of aliphatic hydroxyl groups is 1. The average molecular weight is 515 g/mol. The van der Waals surface area contributed by atoms with Gasteiger partial charge in [-0.1, -0.05) is 12.1 Å². The van der Waals surface area contributed by atoms with E-state index in [-0.39, 0.29) is 30.8 Å². The third-order valence-corrected chi connectivity index (χ3v) is 5.24. The molecule has 194 valence electrons. The van der Waals surface area contributed by atoms with Gasteiger partial charge in [0.05, 0.1) is 12.1 Å². The SMILES string of the molecule is CC(O)C(NC(=O)C(N)CCC(=O)O)C(=O)NC(CS)C(=O)NC(Cc1ccc(O)cc1)C(=O)O. The van der Waals surface area contributed by atoms with Gasteiger partial charge in [0.1, 0.15) is 23.9 Å². The molecule has 35 heavy (non-hydrogen) atoms. The van der Waals surface area contributed by atoms with E-state index in [1.54, 1.807) is 0 Å². The van der Waals surface area contributed by atoms with E-state index in [1.807, 2.05) is 0 Å². The summed E-state index contributed by atoms with van der Waals surface area (Å²) in [5, 5.41) is 44.2. The van der Waals surface area contributed by atoms with Gasteiger partial charge < -0.3 is 42.1 Å². The summed E-state index contributed by atoms with van der Waals surface area (Å²) in [6, 6.07) is 0.271. The number of amides is 3. The molecule has 5 unspecified atom stereocenters. The standard InChI is InChI=1S/C21H30N4O9S/c1-10(26)17(25-18(30)13(22)6-7-16(28)29)20(32)24-15(9-35)19(31)23-14(21(33)34)8-11-2-4-12(27)5-3-11/h2-5,10,13-15,17,26-27,35H,6-9,22H2,1H3,(H,23,31)(H,24,32)(H,25,30)(H,28,29)(H,33,34). The largest absolute Gasteiger partial charge is 0.508 e. The molecule has 1 rings (SSSR count). The van der Waals surface area contributed by atoms with Crippen LogP contribution in [-0.4, -0.2) is 86.1 Å². The van der Waals surface area contributed by atoms with Crippen LogP contribution >= 0.6 is 12.6 Å². The summed E-state index contributed by atoms with van der Waals surface area (Å²) in [6.07, 6.45) is -2.09. The van der Waals surface area contributed by atoms with Crippen LogP contribution in [0.4, 0.5) is 0 Å². The highest BCUT2D eigenvalue weighted by Gasteiger charge is 2.32. The number of rotatable bonds is 14. The maximum absolute atomic E-state index is 12.7. The molecule has 0 radical (unpaired) electrons. The highest BCUT2D eigenvalue weighted by Crippen LogP contribution is 2.11. The van der Waals surface area contributed by atoms with Gasteiger partial charge in [-0.2, -0.15) is 12.6 Å². The number of carbonyl (C=O) groups excluding carboxylic acids is 3. The lowest BCUT2D eigenvalue weighted by molar-refractivity contribution is -0.142. The molecule has 14 heteroatoms. The first-order valence-corrected chi connectivity index (χ1v) is 11.2. The van der Waals surface area contributed by atoms with Crippen molar-refractivity contribution < 1.29 is 44.4 Å². The van der Waals surface area contributed by atoms with Gasteiger partial charge in [-0.3, -0.25) is 19.2 Å². The average Bonchev–Trinajstić information content (AvgIpc) is 2.79. The zero-order chi connectivity index (χ0) is 26.7. The van der Waals surface area contributed by atoms with Gasteiger partial charge in [-0.05, 0) is 31.0 Å². The number of nitrogens with two attached hydrogens (primary N) is 1. The minimum Gasteiger partial charge on any atom is -0.508 e. The second kappa shape index (κ2) is 14.1. The Morgan fingerprint density at radius 3 is 2.00 bits per heavy atom. The Balaban J connectivity index is 2.83. The van der Waals surface area contributed by atoms with Crippen molar-refractivity contribution in [2.45, 2.75) is 56.5 Å². The van der Waals surface area contributed by atoms with Crippen molar-refractivity contribution in [1.82, 2.24) is 16.0 Å². The number of carboxylic acid groups (broad SMARTS) is 2. The van der Waals surface area contributed by atoms with E-state index in [4.69, 9.17) is 10.8 Å². The molecule has 3 amide bonds. The van der Waals surface area contributed by atoms with E-state index < -0.39 is 59.9 Å². The quantitative estimate of drug-likeness (QED) is 0.124. The lowest BCUT2D eigenvalue weighted by atomic mass is 10.1. The van der Waals surface area contributed by atoms with E-state index in [9.17, 15) is 39.3 Å². The number of hydrogen-bond acceptors (Lipinski definition) is 9. The number of nitrogens with one attached hydrogen (secondary N) is 3. The van der Waals surface area contributed by atoms with Crippen LogP contribution in [0.15, 0.2) is 24.3 Å². The zero-order valence-electron chi connectivity index (χ0n) is 18.9. The van der Waals surface area contributed by atoms with E-state index in [0.717, 1.165) is 0 Å². The fraction of sp³-hybridized carbons (Fsp3) is 0.476. The Bertz CT molecular complexity index is 911. The molecular formula is C21H30N4O9S. The van der Waals surface area contributed by atoms with E-state index >= 15 is 0 Å². The van der Waals surface area contributed by atoms with Crippen molar-refractivity contribution in [1.29, 1.82) is 0 Å². The Hall–Kier alpha value is -3.36. The van der Waals surface area contributed by atoms with Gasteiger partial charge in [0.2, 0.25) is 17.7 Å². The van der Waals surface area contributed by atoms with Crippen molar-refractivity contribution in [3.63, 3.8) is 0 Å². The monoisotopic (exact) mass is 514 g/mol. The second-order valence-electron chi connectivity index (χ2n) is 7.78. The number of hydrogen-bond donors (Lipinski definition) is 9. The van der Waals surface area contributed by atoms with Crippen LogP contribution in [0.25, 0.3) is 0 Å². The number of aliphatic hydroxyl groups excluding tert-OH is 1. The predicted octanol–water partition coefficient (Wildman–Crippen LogP) is -2.02. The highest BCUT2D eigenvalue weighted by molar-refractivity contribution is 7.80. The van der Waals surface area contributed by atoms with E-state index in [2.05, 4.69) is 28.6 Å². The first-order valence-electron chi connectivity index (χ1n) is 10.5. The third kappa shape index (κ3) is 10.2. The fourth-order valence-electron chi connectivity index (χ4n) is 2.87. The smallest absolute Gasteiger partial charge is 0.326 e. The minimum atomic E-state index is -1.53. The fourth-order valence-corrected chi connectivity index (χ4v) is 3.13. The van der Waals surface area contributed by atoms with Gasteiger partial charge in [0, 0.05) is 18.6 Å². The molecule has 0 heterocycles. The van der Waals surface area contributed by atoms with E-state index in [0.29, 0.717) is 5.56 Å². The van der Waals surface area contributed by atoms with Gasteiger partial charge in [0.25, 0.3) is 0 Å². The Morgan fingerprint density at radius 2 is 1.51 bits per heavy atom. The molecule has 13 nitrogen and oxygen atoms in total.